The highest BCUT2D eigenvalue weighted by Crippen LogP contribution is 2.33. The van der Waals surface area contributed by atoms with Crippen molar-refractivity contribution in [2.45, 2.75) is 70.6 Å². The zero-order valence-electron chi connectivity index (χ0n) is 17.6. The Hall–Kier alpha value is -2.57. The molecule has 0 N–H and O–H groups in total. The van der Waals surface area contributed by atoms with Crippen LogP contribution < -0.4 is 4.90 Å². The first-order chi connectivity index (χ1) is 14.0. The van der Waals surface area contributed by atoms with E-state index in [1.54, 1.807) is 6.33 Å². The average molecular weight is 392 g/mol. The first kappa shape index (κ1) is 18.5. The molecule has 0 unspecified atom stereocenters. The van der Waals surface area contributed by atoms with Crippen molar-refractivity contribution in [1.82, 2.24) is 29.8 Å². The lowest BCUT2D eigenvalue weighted by Gasteiger charge is -2.34. The molecule has 1 fully saturated rings. The van der Waals surface area contributed by atoms with E-state index in [2.05, 4.69) is 51.9 Å². The second-order valence-electron chi connectivity index (χ2n) is 9.39. The number of anilines is 1. The lowest BCUT2D eigenvalue weighted by molar-refractivity contribution is 0.469. The van der Waals surface area contributed by atoms with Gasteiger partial charge in [-0.15, -0.1) is 10.2 Å². The highest BCUT2D eigenvalue weighted by atomic mass is 15.4. The predicted octanol–water partition coefficient (Wildman–Crippen LogP) is 3.47. The Morgan fingerprint density at radius 1 is 0.966 bits per heavy atom. The molecule has 7 nitrogen and oxygen atoms in total. The molecule has 1 aliphatic heterocycles. The van der Waals surface area contributed by atoms with Gasteiger partial charge < -0.3 is 4.90 Å². The third-order valence-corrected chi connectivity index (χ3v) is 6.32. The number of nitrogens with zero attached hydrogens (tertiary/aromatic N) is 7. The minimum Gasteiger partial charge on any atom is -0.356 e. The van der Waals surface area contributed by atoms with Crippen molar-refractivity contribution in [1.29, 1.82) is 0 Å². The Bertz CT molecular complexity index is 1030. The molecule has 1 saturated heterocycles. The van der Waals surface area contributed by atoms with E-state index in [1.165, 1.54) is 24.1 Å². The summed E-state index contributed by atoms with van der Waals surface area (Å²) in [6, 6.07) is 4.10. The molecular weight excluding hydrogens is 362 g/mol. The maximum Gasteiger partial charge on any atom is 0.177 e. The molecule has 5 rings (SSSR count). The van der Waals surface area contributed by atoms with Gasteiger partial charge in [0.15, 0.2) is 11.5 Å². The molecule has 152 valence electrons. The minimum absolute atomic E-state index is 0.00516. The van der Waals surface area contributed by atoms with Crippen molar-refractivity contribution in [3.8, 4) is 0 Å². The molecule has 0 atom stereocenters. The van der Waals surface area contributed by atoms with E-state index in [-0.39, 0.29) is 5.41 Å². The average Bonchev–Trinajstić information content (AvgIpc) is 3.16. The van der Waals surface area contributed by atoms with E-state index < -0.39 is 0 Å². The summed E-state index contributed by atoms with van der Waals surface area (Å²) in [6.07, 6.45) is 8.53. The van der Waals surface area contributed by atoms with Crippen LogP contribution in [0.4, 0.5) is 5.82 Å². The van der Waals surface area contributed by atoms with Crippen molar-refractivity contribution < 1.29 is 0 Å². The van der Waals surface area contributed by atoms with Crippen LogP contribution in [0.15, 0.2) is 18.5 Å². The molecule has 7 heteroatoms. The fourth-order valence-corrected chi connectivity index (χ4v) is 4.59. The third-order valence-electron chi connectivity index (χ3n) is 6.32. The molecule has 0 bridgehead atoms. The monoisotopic (exact) mass is 391 g/mol. The molecule has 0 amide bonds. The van der Waals surface area contributed by atoms with Gasteiger partial charge in [-0.25, -0.2) is 9.97 Å². The van der Waals surface area contributed by atoms with Crippen molar-refractivity contribution >= 4 is 11.5 Å². The van der Waals surface area contributed by atoms with Crippen molar-refractivity contribution in [2.24, 2.45) is 0 Å². The fraction of sp³-hybridized carbons (Fsp3) is 0.591. The Kier molecular flexibility index (Phi) is 4.48. The normalized spacial score (nSPS) is 18.2. The fourth-order valence-electron chi connectivity index (χ4n) is 4.59. The summed E-state index contributed by atoms with van der Waals surface area (Å²) in [5.74, 6) is 2.53. The van der Waals surface area contributed by atoms with Crippen molar-refractivity contribution in [2.75, 3.05) is 18.0 Å². The minimum atomic E-state index is 0.00516. The van der Waals surface area contributed by atoms with Crippen LogP contribution in [0, 0.1) is 0 Å². The van der Waals surface area contributed by atoms with Crippen LogP contribution in [0.2, 0.25) is 0 Å². The summed E-state index contributed by atoms with van der Waals surface area (Å²) in [5.41, 5.74) is 4.54. The van der Waals surface area contributed by atoms with Crippen LogP contribution in [-0.2, 0) is 18.3 Å². The van der Waals surface area contributed by atoms with E-state index in [9.17, 15) is 0 Å². The van der Waals surface area contributed by atoms with Gasteiger partial charge in [-0.3, -0.25) is 0 Å². The van der Waals surface area contributed by atoms with Gasteiger partial charge in [-0.05, 0) is 50.7 Å². The summed E-state index contributed by atoms with van der Waals surface area (Å²) < 4.78 is 1.97. The molecule has 0 aromatic carbocycles. The lowest BCUT2D eigenvalue weighted by atomic mass is 9.92. The van der Waals surface area contributed by atoms with Gasteiger partial charge in [0.25, 0.3) is 0 Å². The van der Waals surface area contributed by atoms with Gasteiger partial charge in [0, 0.05) is 35.7 Å². The summed E-state index contributed by atoms with van der Waals surface area (Å²) >= 11 is 0. The highest BCUT2D eigenvalue weighted by molar-refractivity contribution is 5.50. The maximum absolute atomic E-state index is 4.87. The molecule has 3 aromatic heterocycles. The summed E-state index contributed by atoms with van der Waals surface area (Å²) in [7, 11) is 0. The van der Waals surface area contributed by atoms with Gasteiger partial charge in [-0.1, -0.05) is 20.8 Å². The molecule has 0 saturated carbocycles. The van der Waals surface area contributed by atoms with E-state index in [0.29, 0.717) is 5.92 Å². The zero-order chi connectivity index (χ0) is 20.0. The Morgan fingerprint density at radius 2 is 1.76 bits per heavy atom. The smallest absolute Gasteiger partial charge is 0.177 e. The zero-order valence-corrected chi connectivity index (χ0v) is 17.6. The molecule has 4 heterocycles. The van der Waals surface area contributed by atoms with Crippen molar-refractivity contribution in [3.05, 3.63) is 41.2 Å². The largest absolute Gasteiger partial charge is 0.356 e. The lowest BCUT2D eigenvalue weighted by Crippen LogP contribution is -2.35. The highest BCUT2D eigenvalue weighted by Gasteiger charge is 2.28. The number of piperidine rings is 1. The van der Waals surface area contributed by atoms with E-state index >= 15 is 0 Å². The van der Waals surface area contributed by atoms with Crippen LogP contribution in [-0.4, -0.2) is 42.9 Å². The number of hydrogen-bond acceptors (Lipinski definition) is 6. The van der Waals surface area contributed by atoms with Gasteiger partial charge in [0.1, 0.15) is 12.1 Å². The number of rotatable bonds is 2. The standard InChI is InChI=1S/C22H29N7/c1-22(2,3)18-8-9-19-25-26-20(29(19)27-18)15-10-12-28(13-11-15)21-16-6-4-5-7-17(16)23-14-24-21/h8-9,14-15H,4-7,10-13H2,1-3H3. The Labute approximate surface area is 171 Å². The van der Waals surface area contributed by atoms with Crippen LogP contribution in [0.1, 0.15) is 75.1 Å². The van der Waals surface area contributed by atoms with Gasteiger partial charge in [-0.2, -0.15) is 9.61 Å². The first-order valence-corrected chi connectivity index (χ1v) is 10.8. The summed E-state index contributed by atoms with van der Waals surface area (Å²) in [5, 5.41) is 13.8. The van der Waals surface area contributed by atoms with E-state index in [4.69, 9.17) is 5.10 Å². The first-order valence-electron chi connectivity index (χ1n) is 10.8. The summed E-state index contributed by atoms with van der Waals surface area (Å²) in [4.78, 5) is 11.6. The topological polar surface area (TPSA) is 72.1 Å². The molecule has 0 spiro atoms. The van der Waals surface area contributed by atoms with E-state index in [1.807, 2.05) is 10.6 Å². The van der Waals surface area contributed by atoms with Crippen LogP contribution in [0.3, 0.4) is 0 Å². The van der Waals surface area contributed by atoms with Crippen LogP contribution in [0.5, 0.6) is 0 Å². The molecule has 2 aliphatic rings. The number of aromatic nitrogens is 6. The van der Waals surface area contributed by atoms with Gasteiger partial charge >= 0.3 is 0 Å². The molecular formula is C22H29N7. The number of aryl methyl sites for hydroxylation is 1. The van der Waals surface area contributed by atoms with Crippen molar-refractivity contribution in [3.63, 3.8) is 0 Å². The van der Waals surface area contributed by atoms with Crippen LogP contribution >= 0.6 is 0 Å². The van der Waals surface area contributed by atoms with Gasteiger partial charge in [0.2, 0.25) is 0 Å². The summed E-state index contributed by atoms with van der Waals surface area (Å²) in [6.45, 7) is 8.54. The molecule has 29 heavy (non-hydrogen) atoms. The maximum atomic E-state index is 4.87. The molecule has 3 aromatic rings. The second-order valence-corrected chi connectivity index (χ2v) is 9.39. The van der Waals surface area contributed by atoms with Gasteiger partial charge in [0.05, 0.1) is 5.69 Å². The number of fused-ring (bicyclic) bond motifs is 2. The quantitative estimate of drug-likeness (QED) is 0.666. The van der Waals surface area contributed by atoms with Crippen LogP contribution in [0.25, 0.3) is 5.65 Å². The second kappa shape index (κ2) is 7.04. The Balaban J connectivity index is 1.38. The number of hydrogen-bond donors (Lipinski definition) is 0. The molecule has 0 radical (unpaired) electrons. The van der Waals surface area contributed by atoms with E-state index in [0.717, 1.165) is 61.8 Å². The SMILES string of the molecule is CC(C)(C)c1ccc2nnc(C3CCN(c4ncnc5c4CCCC5)CC3)n2n1. The third kappa shape index (κ3) is 3.36. The predicted molar refractivity (Wildman–Crippen MR) is 112 cm³/mol. The Morgan fingerprint density at radius 3 is 2.55 bits per heavy atom. The molecule has 1 aliphatic carbocycles.